The van der Waals surface area contributed by atoms with Crippen LogP contribution in [-0.4, -0.2) is 29.9 Å². The van der Waals surface area contributed by atoms with Crippen molar-refractivity contribution >= 4 is 18.3 Å². The van der Waals surface area contributed by atoms with Crippen LogP contribution in [0, 0.1) is 5.92 Å². The zero-order chi connectivity index (χ0) is 13.9. The molecule has 1 aromatic rings. The summed E-state index contributed by atoms with van der Waals surface area (Å²) >= 11 is 0. The van der Waals surface area contributed by atoms with Gasteiger partial charge < -0.3 is 10.2 Å². The molecular weight excluding hydrogens is 284 g/mol. The van der Waals surface area contributed by atoms with Crippen LogP contribution in [0.3, 0.4) is 0 Å². The fourth-order valence-corrected chi connectivity index (χ4v) is 3.45. The van der Waals surface area contributed by atoms with Crippen molar-refractivity contribution in [1.29, 1.82) is 0 Å². The molecule has 116 valence electrons. The van der Waals surface area contributed by atoms with Crippen LogP contribution in [0.2, 0.25) is 0 Å². The molecule has 2 aliphatic rings. The van der Waals surface area contributed by atoms with E-state index in [1.54, 1.807) is 0 Å². The van der Waals surface area contributed by atoms with Crippen molar-refractivity contribution in [3.05, 3.63) is 35.4 Å². The molecule has 1 aromatic carbocycles. The number of amides is 1. The molecule has 0 saturated carbocycles. The number of piperidine rings is 1. The molecule has 2 atom stereocenters. The summed E-state index contributed by atoms with van der Waals surface area (Å²) in [6.07, 6.45) is 4.46. The Kier molecular flexibility index (Phi) is 5.65. The van der Waals surface area contributed by atoms with Crippen molar-refractivity contribution in [1.82, 2.24) is 10.2 Å². The number of hydrogen-bond acceptors (Lipinski definition) is 2. The summed E-state index contributed by atoms with van der Waals surface area (Å²) in [6, 6.07) is 8.41. The molecule has 0 aromatic heterocycles. The van der Waals surface area contributed by atoms with Crippen LogP contribution in [0.15, 0.2) is 24.3 Å². The van der Waals surface area contributed by atoms with Crippen LogP contribution in [0.25, 0.3) is 0 Å². The van der Waals surface area contributed by atoms with Gasteiger partial charge in [-0.15, -0.1) is 12.4 Å². The summed E-state index contributed by atoms with van der Waals surface area (Å²) in [7, 11) is 0. The van der Waals surface area contributed by atoms with Gasteiger partial charge in [-0.25, -0.2) is 0 Å². The highest BCUT2D eigenvalue weighted by atomic mass is 35.5. The molecule has 1 amide bonds. The summed E-state index contributed by atoms with van der Waals surface area (Å²) in [5.41, 5.74) is 2.66. The first-order valence-electron chi connectivity index (χ1n) is 7.87. The van der Waals surface area contributed by atoms with Crippen molar-refractivity contribution < 1.29 is 4.79 Å². The molecule has 3 nitrogen and oxygen atoms in total. The second-order valence-electron chi connectivity index (χ2n) is 6.11. The van der Waals surface area contributed by atoms with Crippen LogP contribution in [0.5, 0.6) is 0 Å². The highest BCUT2D eigenvalue weighted by molar-refractivity contribution is 5.85. The number of benzene rings is 1. The zero-order valence-electron chi connectivity index (χ0n) is 12.7. The van der Waals surface area contributed by atoms with Gasteiger partial charge in [-0.2, -0.15) is 0 Å². The minimum Gasteiger partial charge on any atom is -0.341 e. The Balaban J connectivity index is 0.00000161. The molecule has 1 fully saturated rings. The lowest BCUT2D eigenvalue weighted by atomic mass is 9.92. The largest absolute Gasteiger partial charge is 0.341 e. The lowest BCUT2D eigenvalue weighted by Crippen LogP contribution is -2.52. The maximum Gasteiger partial charge on any atom is 0.240 e. The van der Waals surface area contributed by atoms with Gasteiger partial charge in [-0.1, -0.05) is 37.6 Å². The third kappa shape index (κ3) is 3.58. The van der Waals surface area contributed by atoms with E-state index < -0.39 is 0 Å². The minimum atomic E-state index is -0.0273. The third-order valence-corrected chi connectivity index (χ3v) is 4.79. The molecular formula is C17H25ClN2O. The Morgan fingerprint density at radius 1 is 1.33 bits per heavy atom. The average Bonchev–Trinajstić information content (AvgIpc) is 2.53. The average molecular weight is 309 g/mol. The number of nitrogens with one attached hydrogen (secondary N) is 1. The lowest BCUT2D eigenvalue weighted by molar-refractivity contribution is -0.135. The number of nitrogens with zero attached hydrogens (tertiary/aromatic N) is 1. The number of carbonyl (C=O) groups is 1. The molecule has 2 heterocycles. The standard InChI is InChI=1S/C17H24N2O.ClH/c1-2-13-6-5-9-19(12-13)17(20)16-10-14-7-3-4-8-15(14)11-18-16;/h3-4,7-8,13,16,18H,2,5-6,9-12H2,1H3;1H. The van der Waals surface area contributed by atoms with Crippen molar-refractivity contribution in [2.24, 2.45) is 5.92 Å². The SMILES string of the molecule is CCC1CCCN(C(=O)C2Cc3ccccc3CN2)C1.Cl. The zero-order valence-corrected chi connectivity index (χ0v) is 13.5. The molecule has 4 heteroatoms. The van der Waals surface area contributed by atoms with E-state index in [4.69, 9.17) is 0 Å². The van der Waals surface area contributed by atoms with E-state index in [9.17, 15) is 4.79 Å². The van der Waals surface area contributed by atoms with E-state index in [0.717, 1.165) is 32.5 Å². The predicted octanol–water partition coefficient (Wildman–Crippen LogP) is 2.77. The molecule has 1 saturated heterocycles. The number of likely N-dealkylation sites (tertiary alicyclic amines) is 1. The predicted molar refractivity (Wildman–Crippen MR) is 87.6 cm³/mol. The molecule has 2 unspecified atom stereocenters. The van der Waals surface area contributed by atoms with E-state index >= 15 is 0 Å². The maximum absolute atomic E-state index is 12.7. The molecule has 0 aliphatic carbocycles. The Labute approximate surface area is 133 Å². The normalized spacial score (nSPS) is 24.9. The maximum atomic E-state index is 12.7. The quantitative estimate of drug-likeness (QED) is 0.911. The summed E-state index contributed by atoms with van der Waals surface area (Å²) in [6.45, 7) is 4.94. The van der Waals surface area contributed by atoms with Gasteiger partial charge in [0, 0.05) is 19.6 Å². The van der Waals surface area contributed by atoms with E-state index in [0.29, 0.717) is 11.8 Å². The fourth-order valence-electron chi connectivity index (χ4n) is 3.45. The second-order valence-corrected chi connectivity index (χ2v) is 6.11. The monoisotopic (exact) mass is 308 g/mol. The first kappa shape index (κ1) is 16.3. The molecule has 1 N–H and O–H groups in total. The Hall–Kier alpha value is -1.06. The van der Waals surface area contributed by atoms with Gasteiger partial charge in [0.05, 0.1) is 6.04 Å². The summed E-state index contributed by atoms with van der Waals surface area (Å²) in [5, 5.41) is 3.41. The van der Waals surface area contributed by atoms with E-state index in [-0.39, 0.29) is 18.4 Å². The number of hydrogen-bond donors (Lipinski definition) is 1. The third-order valence-electron chi connectivity index (χ3n) is 4.79. The number of rotatable bonds is 2. The van der Waals surface area contributed by atoms with Crippen LogP contribution >= 0.6 is 12.4 Å². The molecule has 2 aliphatic heterocycles. The van der Waals surface area contributed by atoms with Crippen molar-refractivity contribution in [3.8, 4) is 0 Å². The fraction of sp³-hybridized carbons (Fsp3) is 0.588. The van der Waals surface area contributed by atoms with E-state index in [2.05, 4.69) is 41.4 Å². The Bertz CT molecular complexity index is 491. The first-order chi connectivity index (χ1) is 9.78. The molecule has 0 bridgehead atoms. The molecule has 21 heavy (non-hydrogen) atoms. The van der Waals surface area contributed by atoms with Crippen molar-refractivity contribution in [2.45, 2.75) is 45.2 Å². The topological polar surface area (TPSA) is 32.3 Å². The molecule has 0 spiro atoms. The molecule has 0 radical (unpaired) electrons. The lowest BCUT2D eigenvalue weighted by Gasteiger charge is -2.36. The first-order valence-corrected chi connectivity index (χ1v) is 7.87. The smallest absolute Gasteiger partial charge is 0.240 e. The van der Waals surface area contributed by atoms with Crippen LogP contribution in [0.1, 0.15) is 37.3 Å². The highest BCUT2D eigenvalue weighted by Crippen LogP contribution is 2.22. The van der Waals surface area contributed by atoms with Crippen molar-refractivity contribution in [3.63, 3.8) is 0 Å². The van der Waals surface area contributed by atoms with Gasteiger partial charge in [0.15, 0.2) is 0 Å². The summed E-state index contributed by atoms with van der Waals surface area (Å²) in [5.74, 6) is 1.00. The number of carbonyl (C=O) groups excluding carboxylic acids is 1. The van der Waals surface area contributed by atoms with E-state index in [1.807, 2.05) is 0 Å². The second kappa shape index (κ2) is 7.28. The van der Waals surface area contributed by atoms with Gasteiger partial charge in [-0.05, 0) is 36.3 Å². The Morgan fingerprint density at radius 3 is 2.86 bits per heavy atom. The number of fused-ring (bicyclic) bond motifs is 1. The van der Waals surface area contributed by atoms with Gasteiger partial charge in [-0.3, -0.25) is 4.79 Å². The van der Waals surface area contributed by atoms with Crippen molar-refractivity contribution in [2.75, 3.05) is 13.1 Å². The van der Waals surface area contributed by atoms with E-state index in [1.165, 1.54) is 24.0 Å². The minimum absolute atomic E-state index is 0. The van der Waals surface area contributed by atoms with Gasteiger partial charge >= 0.3 is 0 Å². The van der Waals surface area contributed by atoms with Crippen LogP contribution < -0.4 is 5.32 Å². The van der Waals surface area contributed by atoms with Gasteiger partial charge in [0.2, 0.25) is 5.91 Å². The van der Waals surface area contributed by atoms with Crippen LogP contribution in [0.4, 0.5) is 0 Å². The Morgan fingerprint density at radius 2 is 2.10 bits per heavy atom. The summed E-state index contributed by atoms with van der Waals surface area (Å²) in [4.78, 5) is 14.8. The highest BCUT2D eigenvalue weighted by Gasteiger charge is 2.30. The number of halogens is 1. The van der Waals surface area contributed by atoms with Crippen LogP contribution in [-0.2, 0) is 17.8 Å². The summed E-state index contributed by atoms with van der Waals surface area (Å²) < 4.78 is 0. The molecule has 3 rings (SSSR count). The van der Waals surface area contributed by atoms with Gasteiger partial charge in [0.1, 0.15) is 0 Å². The van der Waals surface area contributed by atoms with Gasteiger partial charge in [0.25, 0.3) is 0 Å².